The van der Waals surface area contributed by atoms with Crippen LogP contribution in [0.3, 0.4) is 0 Å². The number of hydrogen-bond acceptors (Lipinski definition) is 3. The van der Waals surface area contributed by atoms with Crippen LogP contribution in [0.1, 0.15) is 11.5 Å². The van der Waals surface area contributed by atoms with Gasteiger partial charge in [0.05, 0.1) is 5.92 Å². The van der Waals surface area contributed by atoms with Gasteiger partial charge in [-0.15, -0.1) is 0 Å². The Morgan fingerprint density at radius 1 is 1.40 bits per heavy atom. The minimum absolute atomic E-state index is 0.0562. The van der Waals surface area contributed by atoms with Crippen molar-refractivity contribution in [1.29, 1.82) is 0 Å². The van der Waals surface area contributed by atoms with Crippen molar-refractivity contribution in [3.8, 4) is 0 Å². The topological polar surface area (TPSA) is 82.2 Å². The summed E-state index contributed by atoms with van der Waals surface area (Å²) < 4.78 is 0. The number of aromatic nitrogens is 1. The summed E-state index contributed by atoms with van der Waals surface area (Å²) >= 11 is 0. The van der Waals surface area contributed by atoms with Crippen molar-refractivity contribution < 1.29 is 9.90 Å². The first-order valence-electron chi connectivity index (χ1n) is 4.80. The van der Waals surface area contributed by atoms with Gasteiger partial charge in [-0.25, -0.2) is 0 Å². The Kier molecular flexibility index (Phi) is 2.55. The van der Waals surface area contributed by atoms with Gasteiger partial charge in [0, 0.05) is 31.3 Å². The number of rotatable bonds is 2. The summed E-state index contributed by atoms with van der Waals surface area (Å²) in [6.07, 6.45) is 1.59. The van der Waals surface area contributed by atoms with Gasteiger partial charge in [0.25, 0.3) is 0 Å². The molecule has 0 bridgehead atoms. The highest BCUT2D eigenvalue weighted by molar-refractivity contribution is 5.72. The number of pyridine rings is 1. The second-order valence-electron chi connectivity index (χ2n) is 3.70. The highest BCUT2D eigenvalue weighted by Crippen LogP contribution is 2.27. The van der Waals surface area contributed by atoms with E-state index in [2.05, 4.69) is 10.3 Å². The third-order valence-electron chi connectivity index (χ3n) is 2.77. The summed E-state index contributed by atoms with van der Waals surface area (Å²) in [6.45, 7) is 1.13. The molecule has 0 radical (unpaired) electrons. The van der Waals surface area contributed by atoms with Crippen LogP contribution < -0.4 is 10.9 Å². The molecule has 1 aromatic heterocycles. The predicted octanol–water partition coefficient (Wildman–Crippen LogP) is -0.237. The van der Waals surface area contributed by atoms with Gasteiger partial charge in [0.2, 0.25) is 5.56 Å². The van der Waals surface area contributed by atoms with Gasteiger partial charge in [0.1, 0.15) is 0 Å². The van der Waals surface area contributed by atoms with E-state index in [9.17, 15) is 9.59 Å². The average molecular weight is 208 g/mol. The minimum atomic E-state index is -0.795. The normalized spacial score (nSPS) is 25.3. The quantitative estimate of drug-likeness (QED) is 0.626. The first-order chi connectivity index (χ1) is 7.18. The lowest BCUT2D eigenvalue weighted by atomic mass is 9.90. The van der Waals surface area contributed by atoms with Gasteiger partial charge >= 0.3 is 5.97 Å². The lowest BCUT2D eigenvalue weighted by Gasteiger charge is -2.14. The monoisotopic (exact) mass is 208 g/mol. The number of carboxylic acid groups (broad SMARTS) is 1. The molecule has 0 spiro atoms. The van der Waals surface area contributed by atoms with Gasteiger partial charge in [0.15, 0.2) is 0 Å². The van der Waals surface area contributed by atoms with Crippen molar-refractivity contribution in [3.05, 3.63) is 34.2 Å². The zero-order valence-corrected chi connectivity index (χ0v) is 8.06. The largest absolute Gasteiger partial charge is 0.481 e. The van der Waals surface area contributed by atoms with Gasteiger partial charge in [-0.3, -0.25) is 9.59 Å². The maximum atomic E-state index is 10.9. The highest BCUT2D eigenvalue weighted by Gasteiger charge is 2.33. The summed E-state index contributed by atoms with van der Waals surface area (Å²) in [7, 11) is 0. The van der Waals surface area contributed by atoms with Crippen molar-refractivity contribution in [2.24, 2.45) is 5.92 Å². The van der Waals surface area contributed by atoms with Crippen LogP contribution in [0.15, 0.2) is 23.1 Å². The first-order valence-corrected chi connectivity index (χ1v) is 4.80. The van der Waals surface area contributed by atoms with Gasteiger partial charge in [-0.2, -0.15) is 0 Å². The fourth-order valence-corrected chi connectivity index (χ4v) is 1.94. The fourth-order valence-electron chi connectivity index (χ4n) is 1.94. The summed E-state index contributed by atoms with van der Waals surface area (Å²) in [4.78, 5) is 24.4. The van der Waals surface area contributed by atoms with Crippen LogP contribution >= 0.6 is 0 Å². The molecule has 2 atom stereocenters. The molecule has 80 valence electrons. The van der Waals surface area contributed by atoms with E-state index in [1.54, 1.807) is 12.3 Å². The van der Waals surface area contributed by atoms with Gasteiger partial charge in [-0.05, 0) is 5.56 Å². The Labute approximate surface area is 86.1 Å². The van der Waals surface area contributed by atoms with E-state index >= 15 is 0 Å². The minimum Gasteiger partial charge on any atom is -0.481 e. The lowest BCUT2D eigenvalue weighted by Crippen LogP contribution is -2.21. The van der Waals surface area contributed by atoms with Crippen molar-refractivity contribution in [3.63, 3.8) is 0 Å². The Balaban J connectivity index is 2.26. The van der Waals surface area contributed by atoms with Crippen LogP contribution in [-0.4, -0.2) is 29.1 Å². The molecule has 0 aromatic carbocycles. The molecular formula is C10H12N2O3. The molecule has 1 aliphatic heterocycles. The number of carbonyl (C=O) groups is 1. The molecule has 0 saturated carbocycles. The molecule has 1 fully saturated rings. The standard InChI is InChI=1S/C10H12N2O3/c13-9-2-1-6(3-12-9)7-4-11-5-8(7)10(14)15/h1-3,7-8,11H,4-5H2,(H,12,13)(H,14,15). The zero-order valence-electron chi connectivity index (χ0n) is 8.06. The van der Waals surface area contributed by atoms with E-state index in [0.717, 1.165) is 5.56 Å². The zero-order chi connectivity index (χ0) is 10.8. The average Bonchev–Trinajstić information content (AvgIpc) is 2.67. The fraction of sp³-hybridized carbons (Fsp3) is 0.400. The smallest absolute Gasteiger partial charge is 0.308 e. The predicted molar refractivity (Wildman–Crippen MR) is 53.8 cm³/mol. The van der Waals surface area contributed by atoms with E-state index in [1.807, 2.05) is 0 Å². The number of H-pyrrole nitrogens is 1. The Morgan fingerprint density at radius 3 is 2.80 bits per heavy atom. The maximum absolute atomic E-state index is 10.9. The molecule has 0 aliphatic carbocycles. The molecule has 1 aromatic rings. The SMILES string of the molecule is O=C(O)C1CNCC1c1ccc(=O)[nH]c1. The molecule has 2 heterocycles. The van der Waals surface area contributed by atoms with E-state index in [-0.39, 0.29) is 11.5 Å². The summed E-state index contributed by atoms with van der Waals surface area (Å²) in [5, 5.41) is 12.0. The van der Waals surface area contributed by atoms with Crippen molar-refractivity contribution in [2.45, 2.75) is 5.92 Å². The molecule has 5 heteroatoms. The van der Waals surface area contributed by atoms with Gasteiger partial charge < -0.3 is 15.4 Å². The van der Waals surface area contributed by atoms with E-state index < -0.39 is 11.9 Å². The Hall–Kier alpha value is -1.62. The number of hydrogen-bond donors (Lipinski definition) is 3. The van der Waals surface area contributed by atoms with Crippen LogP contribution in [0.2, 0.25) is 0 Å². The second-order valence-corrected chi connectivity index (χ2v) is 3.70. The molecule has 1 aliphatic rings. The molecule has 1 saturated heterocycles. The molecular weight excluding hydrogens is 196 g/mol. The molecule has 5 nitrogen and oxygen atoms in total. The van der Waals surface area contributed by atoms with Crippen LogP contribution in [0.5, 0.6) is 0 Å². The van der Waals surface area contributed by atoms with Crippen LogP contribution in [-0.2, 0) is 4.79 Å². The van der Waals surface area contributed by atoms with E-state index in [1.165, 1.54) is 6.07 Å². The Morgan fingerprint density at radius 2 is 2.20 bits per heavy atom. The van der Waals surface area contributed by atoms with Crippen molar-refractivity contribution in [2.75, 3.05) is 13.1 Å². The van der Waals surface area contributed by atoms with Gasteiger partial charge in [-0.1, -0.05) is 6.07 Å². The number of aromatic amines is 1. The molecule has 2 rings (SSSR count). The molecule has 2 unspecified atom stereocenters. The number of carboxylic acids is 1. The number of aliphatic carboxylic acids is 1. The maximum Gasteiger partial charge on any atom is 0.308 e. The van der Waals surface area contributed by atoms with Crippen molar-refractivity contribution >= 4 is 5.97 Å². The molecule has 15 heavy (non-hydrogen) atoms. The van der Waals surface area contributed by atoms with E-state index in [0.29, 0.717) is 13.1 Å². The lowest BCUT2D eigenvalue weighted by molar-refractivity contribution is -0.141. The van der Waals surface area contributed by atoms with Crippen LogP contribution in [0.25, 0.3) is 0 Å². The van der Waals surface area contributed by atoms with Crippen LogP contribution in [0, 0.1) is 5.92 Å². The Bertz CT molecular complexity index is 406. The van der Waals surface area contributed by atoms with Crippen LogP contribution in [0.4, 0.5) is 0 Å². The third-order valence-corrected chi connectivity index (χ3v) is 2.77. The summed E-state index contributed by atoms with van der Waals surface area (Å²) in [5.41, 5.74) is 0.698. The first kappa shape index (κ1) is 9.92. The molecule has 0 amide bonds. The van der Waals surface area contributed by atoms with Crippen molar-refractivity contribution in [1.82, 2.24) is 10.3 Å². The summed E-state index contributed by atoms with van der Waals surface area (Å²) in [6, 6.07) is 3.11. The molecule has 3 N–H and O–H groups in total. The highest BCUT2D eigenvalue weighted by atomic mass is 16.4. The second kappa shape index (κ2) is 3.86. The van der Waals surface area contributed by atoms with E-state index in [4.69, 9.17) is 5.11 Å². The number of nitrogens with one attached hydrogen (secondary N) is 2. The third kappa shape index (κ3) is 1.92. The summed E-state index contributed by atoms with van der Waals surface area (Å²) in [5.74, 6) is -1.26.